The molecule has 1 aliphatic rings. The van der Waals surface area contributed by atoms with Gasteiger partial charge in [0, 0.05) is 18.5 Å². The molecule has 18 heavy (non-hydrogen) atoms. The molecule has 4 nitrogen and oxygen atoms in total. The fraction of sp³-hybridized carbons (Fsp3) is 0.214. The molecule has 4 heteroatoms. The lowest BCUT2D eigenvalue weighted by Gasteiger charge is -2.05. The van der Waals surface area contributed by atoms with Crippen molar-refractivity contribution in [1.82, 2.24) is 4.57 Å². The van der Waals surface area contributed by atoms with Gasteiger partial charge in [-0.05, 0) is 12.1 Å². The van der Waals surface area contributed by atoms with Crippen molar-refractivity contribution < 1.29 is 14.9 Å². The molecule has 0 amide bonds. The first kappa shape index (κ1) is 11.2. The molecule has 0 fully saturated rings. The van der Waals surface area contributed by atoms with E-state index >= 15 is 0 Å². The largest absolute Gasteiger partial charge is 0.339 e. The van der Waals surface area contributed by atoms with Crippen LogP contribution in [0.25, 0.3) is 0 Å². The van der Waals surface area contributed by atoms with Crippen LogP contribution in [0.1, 0.15) is 34.3 Å². The van der Waals surface area contributed by atoms with Crippen molar-refractivity contribution in [3.63, 3.8) is 0 Å². The molecular formula is C14H13NO3. The van der Waals surface area contributed by atoms with Gasteiger partial charge in [-0.1, -0.05) is 30.3 Å². The minimum Gasteiger partial charge on any atom is -0.339 e. The molecule has 0 bridgehead atoms. The Hall–Kier alpha value is -1.91. The van der Waals surface area contributed by atoms with Crippen LogP contribution < -0.4 is 0 Å². The zero-order chi connectivity index (χ0) is 12.5. The third-order valence-electron chi connectivity index (χ3n) is 3.36. The maximum atomic E-state index is 12.3. The molecule has 0 saturated heterocycles. The standard InChI is InChI=1S/C14H13NO3/c16-14(10-4-2-1-3-5-10)12-7-6-11-13(18-17)8-9-15(11)12/h1-7,13,17H,8-9H2. The normalized spacial score (nSPS) is 17.7. The van der Waals surface area contributed by atoms with Gasteiger partial charge in [0.2, 0.25) is 5.78 Å². The summed E-state index contributed by atoms with van der Waals surface area (Å²) in [7, 11) is 0. The van der Waals surface area contributed by atoms with Gasteiger partial charge >= 0.3 is 0 Å². The Morgan fingerprint density at radius 3 is 2.72 bits per heavy atom. The van der Waals surface area contributed by atoms with E-state index in [0.717, 1.165) is 5.69 Å². The van der Waals surface area contributed by atoms with Gasteiger partial charge in [-0.15, -0.1) is 0 Å². The first-order valence-corrected chi connectivity index (χ1v) is 5.90. The third kappa shape index (κ3) is 1.66. The molecule has 0 aliphatic carbocycles. The molecule has 1 unspecified atom stereocenters. The summed E-state index contributed by atoms with van der Waals surface area (Å²) in [6.45, 7) is 0.696. The molecule has 92 valence electrons. The van der Waals surface area contributed by atoms with Crippen LogP contribution in [0.2, 0.25) is 0 Å². The number of carbonyl (C=O) groups is 1. The van der Waals surface area contributed by atoms with Crippen LogP contribution >= 0.6 is 0 Å². The molecule has 3 rings (SSSR count). The van der Waals surface area contributed by atoms with Crippen molar-refractivity contribution in [1.29, 1.82) is 0 Å². The molecule has 1 aromatic carbocycles. The van der Waals surface area contributed by atoms with E-state index in [0.29, 0.717) is 24.2 Å². The van der Waals surface area contributed by atoms with E-state index in [-0.39, 0.29) is 11.9 Å². The number of carbonyl (C=O) groups excluding carboxylic acids is 1. The van der Waals surface area contributed by atoms with Crippen molar-refractivity contribution >= 4 is 5.78 Å². The third-order valence-corrected chi connectivity index (χ3v) is 3.36. The number of fused-ring (bicyclic) bond motifs is 1. The summed E-state index contributed by atoms with van der Waals surface area (Å²) < 4.78 is 1.91. The van der Waals surface area contributed by atoms with Crippen LogP contribution in [0.3, 0.4) is 0 Å². The molecule has 0 spiro atoms. The highest BCUT2D eigenvalue weighted by Crippen LogP contribution is 2.31. The van der Waals surface area contributed by atoms with Gasteiger partial charge in [0.05, 0.1) is 11.4 Å². The summed E-state index contributed by atoms with van der Waals surface area (Å²) in [5, 5.41) is 8.78. The molecule has 0 saturated carbocycles. The second-order valence-corrected chi connectivity index (χ2v) is 4.37. The Kier molecular flexibility index (Phi) is 2.74. The summed E-state index contributed by atoms with van der Waals surface area (Å²) in [6, 6.07) is 12.8. The minimum absolute atomic E-state index is 0.000407. The van der Waals surface area contributed by atoms with Crippen LogP contribution in [0.5, 0.6) is 0 Å². The van der Waals surface area contributed by atoms with Crippen LogP contribution in [-0.4, -0.2) is 15.6 Å². The maximum Gasteiger partial charge on any atom is 0.209 e. The molecule has 1 aliphatic heterocycles. The highest BCUT2D eigenvalue weighted by Gasteiger charge is 2.27. The Morgan fingerprint density at radius 1 is 1.22 bits per heavy atom. The number of nitrogens with zero attached hydrogens (tertiary/aromatic N) is 1. The van der Waals surface area contributed by atoms with Gasteiger partial charge in [0.15, 0.2) is 0 Å². The predicted octanol–water partition coefficient (Wildman–Crippen LogP) is 2.65. The average Bonchev–Trinajstić information content (AvgIpc) is 2.99. The van der Waals surface area contributed by atoms with Gasteiger partial charge in [-0.3, -0.25) is 10.1 Å². The number of aromatic nitrogens is 1. The molecular weight excluding hydrogens is 230 g/mol. The maximum absolute atomic E-state index is 12.3. The van der Waals surface area contributed by atoms with Crippen molar-refractivity contribution in [3.8, 4) is 0 Å². The van der Waals surface area contributed by atoms with Crippen LogP contribution in [-0.2, 0) is 11.4 Å². The lowest BCUT2D eigenvalue weighted by molar-refractivity contribution is -0.281. The lowest BCUT2D eigenvalue weighted by Crippen LogP contribution is -2.08. The van der Waals surface area contributed by atoms with E-state index in [1.807, 2.05) is 28.8 Å². The number of hydrogen-bond acceptors (Lipinski definition) is 3. The number of rotatable bonds is 3. The SMILES string of the molecule is O=C(c1ccccc1)c1ccc2n1CCC2OO. The van der Waals surface area contributed by atoms with Crippen molar-refractivity contribution in [2.45, 2.75) is 19.1 Å². The Balaban J connectivity index is 1.98. The van der Waals surface area contributed by atoms with Gasteiger partial charge in [-0.25, -0.2) is 4.89 Å². The zero-order valence-corrected chi connectivity index (χ0v) is 9.74. The Bertz CT molecular complexity index is 574. The molecule has 1 aromatic heterocycles. The molecule has 1 atom stereocenters. The van der Waals surface area contributed by atoms with E-state index in [1.54, 1.807) is 18.2 Å². The summed E-state index contributed by atoms with van der Waals surface area (Å²) >= 11 is 0. The number of hydrogen-bond donors (Lipinski definition) is 1. The number of benzene rings is 1. The highest BCUT2D eigenvalue weighted by atomic mass is 17.1. The quantitative estimate of drug-likeness (QED) is 0.512. The second kappa shape index (κ2) is 4.40. The first-order valence-electron chi connectivity index (χ1n) is 5.90. The smallest absolute Gasteiger partial charge is 0.209 e. The summed E-state index contributed by atoms with van der Waals surface area (Å²) in [4.78, 5) is 16.7. The highest BCUT2D eigenvalue weighted by molar-refractivity contribution is 6.08. The summed E-state index contributed by atoms with van der Waals surface area (Å²) in [6.07, 6.45) is 0.379. The fourth-order valence-corrected chi connectivity index (χ4v) is 2.45. The van der Waals surface area contributed by atoms with Crippen LogP contribution in [0, 0.1) is 0 Å². The van der Waals surface area contributed by atoms with Gasteiger partial charge in [0.1, 0.15) is 6.10 Å². The Morgan fingerprint density at radius 2 is 2.00 bits per heavy atom. The molecule has 1 N–H and O–H groups in total. The second-order valence-electron chi connectivity index (χ2n) is 4.37. The van der Waals surface area contributed by atoms with Crippen molar-refractivity contribution in [2.75, 3.05) is 0 Å². The van der Waals surface area contributed by atoms with E-state index in [1.165, 1.54) is 0 Å². The monoisotopic (exact) mass is 243 g/mol. The van der Waals surface area contributed by atoms with Gasteiger partial charge in [0.25, 0.3) is 0 Å². The average molecular weight is 243 g/mol. The van der Waals surface area contributed by atoms with Gasteiger partial charge < -0.3 is 4.57 Å². The molecule has 2 heterocycles. The Labute approximate surface area is 104 Å². The zero-order valence-electron chi connectivity index (χ0n) is 9.74. The molecule has 2 aromatic rings. The minimum atomic E-state index is -0.317. The number of ketones is 1. The predicted molar refractivity (Wildman–Crippen MR) is 65.4 cm³/mol. The van der Waals surface area contributed by atoms with E-state index < -0.39 is 0 Å². The fourth-order valence-electron chi connectivity index (χ4n) is 2.45. The topological polar surface area (TPSA) is 51.5 Å². The summed E-state index contributed by atoms with van der Waals surface area (Å²) in [5.74, 6) is 0.000407. The molecule has 0 radical (unpaired) electrons. The lowest BCUT2D eigenvalue weighted by atomic mass is 10.1. The van der Waals surface area contributed by atoms with E-state index in [4.69, 9.17) is 5.26 Å². The van der Waals surface area contributed by atoms with Gasteiger partial charge in [-0.2, -0.15) is 0 Å². The first-order chi connectivity index (χ1) is 8.81. The van der Waals surface area contributed by atoms with Crippen molar-refractivity contribution in [2.24, 2.45) is 0 Å². The van der Waals surface area contributed by atoms with E-state index in [2.05, 4.69) is 4.89 Å². The van der Waals surface area contributed by atoms with Crippen LogP contribution in [0.15, 0.2) is 42.5 Å². The van der Waals surface area contributed by atoms with Crippen LogP contribution in [0.4, 0.5) is 0 Å². The van der Waals surface area contributed by atoms with E-state index in [9.17, 15) is 4.79 Å². The van der Waals surface area contributed by atoms with Crippen molar-refractivity contribution in [3.05, 3.63) is 59.4 Å². The summed E-state index contributed by atoms with van der Waals surface area (Å²) in [5.41, 5.74) is 2.18.